The average Bonchev–Trinajstić information content (AvgIpc) is 3.34. The van der Waals surface area contributed by atoms with Gasteiger partial charge in [-0.3, -0.25) is 0 Å². The quantitative estimate of drug-likeness (QED) is 0.203. The average molecular weight is 512 g/mol. The third-order valence-corrected chi connectivity index (χ3v) is 7.95. The Morgan fingerprint density at radius 1 is 0.550 bits per heavy atom. The second kappa shape index (κ2) is 9.87. The van der Waals surface area contributed by atoms with Gasteiger partial charge in [0.05, 0.1) is 11.0 Å². The van der Waals surface area contributed by atoms with Crippen LogP contribution >= 0.6 is 0 Å². The maximum Gasteiger partial charge on any atom is 0.0541 e. The summed E-state index contributed by atoms with van der Waals surface area (Å²) in [7, 11) is 0. The molecule has 1 heteroatoms. The van der Waals surface area contributed by atoms with Crippen LogP contribution in [0.25, 0.3) is 66.6 Å². The van der Waals surface area contributed by atoms with E-state index in [0.717, 1.165) is 0 Å². The van der Waals surface area contributed by atoms with Crippen molar-refractivity contribution in [3.8, 4) is 27.9 Å². The summed E-state index contributed by atoms with van der Waals surface area (Å²) >= 11 is 0. The lowest BCUT2D eigenvalue weighted by Crippen LogP contribution is -1.96. The van der Waals surface area contributed by atoms with E-state index in [2.05, 4.69) is 152 Å². The maximum atomic E-state index is 3.95. The van der Waals surface area contributed by atoms with Crippen molar-refractivity contribution >= 4 is 38.7 Å². The van der Waals surface area contributed by atoms with Crippen LogP contribution in [0.4, 0.5) is 0 Å². The number of allylic oxidation sites excluding steroid dienone is 2. The minimum Gasteiger partial charge on any atom is -0.309 e. The molecule has 0 unspecified atom stereocenters. The first-order valence-corrected chi connectivity index (χ1v) is 13.7. The van der Waals surface area contributed by atoms with E-state index in [9.17, 15) is 0 Å². The van der Waals surface area contributed by atoms with Crippen LogP contribution in [-0.2, 0) is 0 Å². The van der Waals surface area contributed by atoms with Crippen LogP contribution in [-0.4, -0.2) is 4.57 Å². The van der Waals surface area contributed by atoms with Gasteiger partial charge in [-0.1, -0.05) is 122 Å². The Morgan fingerprint density at radius 3 is 1.88 bits per heavy atom. The van der Waals surface area contributed by atoms with E-state index in [-0.39, 0.29) is 0 Å². The molecule has 0 fully saturated rings. The lowest BCUT2D eigenvalue weighted by molar-refractivity contribution is 1.18. The molecule has 0 N–H and O–H groups in total. The molecule has 0 spiro atoms. The Balaban J connectivity index is 1.56. The van der Waals surface area contributed by atoms with Gasteiger partial charge in [0.25, 0.3) is 0 Å². The third kappa shape index (κ3) is 3.79. The largest absolute Gasteiger partial charge is 0.309 e. The van der Waals surface area contributed by atoms with E-state index in [1.165, 1.54) is 71.6 Å². The highest BCUT2D eigenvalue weighted by Crippen LogP contribution is 2.44. The zero-order valence-corrected chi connectivity index (χ0v) is 22.5. The van der Waals surface area contributed by atoms with Crippen molar-refractivity contribution in [3.63, 3.8) is 0 Å². The van der Waals surface area contributed by atoms with Crippen molar-refractivity contribution in [1.82, 2.24) is 4.57 Å². The number of nitrogens with zero attached hydrogens (tertiary/aromatic N) is 1. The Hall–Kier alpha value is -5.14. The molecule has 0 amide bonds. The molecule has 0 atom stereocenters. The van der Waals surface area contributed by atoms with E-state index >= 15 is 0 Å². The molecular weight excluding hydrogens is 482 g/mol. The van der Waals surface area contributed by atoms with E-state index in [0.29, 0.717) is 0 Å². The van der Waals surface area contributed by atoms with Crippen molar-refractivity contribution in [2.45, 2.75) is 6.92 Å². The Morgan fingerprint density at radius 2 is 1.15 bits per heavy atom. The highest BCUT2D eigenvalue weighted by molar-refractivity contribution is 6.13. The zero-order chi connectivity index (χ0) is 27.1. The van der Waals surface area contributed by atoms with Crippen LogP contribution < -0.4 is 0 Å². The molecule has 0 saturated carbocycles. The highest BCUT2D eigenvalue weighted by atomic mass is 15.0. The number of para-hydroxylation sites is 2. The summed E-state index contributed by atoms with van der Waals surface area (Å²) < 4.78 is 2.37. The van der Waals surface area contributed by atoms with Crippen LogP contribution in [0.1, 0.15) is 11.1 Å². The predicted octanol–water partition coefficient (Wildman–Crippen LogP) is 10.8. The van der Waals surface area contributed by atoms with Crippen LogP contribution in [0.15, 0.2) is 146 Å². The summed E-state index contributed by atoms with van der Waals surface area (Å²) in [6.45, 7) is 6.21. The lowest BCUT2D eigenvalue weighted by Gasteiger charge is -2.20. The molecule has 190 valence electrons. The molecular formula is C39H29N. The fourth-order valence-corrected chi connectivity index (χ4v) is 6.23. The van der Waals surface area contributed by atoms with E-state index in [1.807, 2.05) is 12.2 Å². The molecule has 0 radical (unpaired) electrons. The summed E-state index contributed by atoms with van der Waals surface area (Å²) in [5.41, 5.74) is 11.1. The Labute approximate surface area is 235 Å². The second-order valence-corrected chi connectivity index (χ2v) is 10.2. The van der Waals surface area contributed by atoms with Crippen LogP contribution in [0.3, 0.4) is 0 Å². The summed E-state index contributed by atoms with van der Waals surface area (Å²) in [5.74, 6) is 0. The number of benzene rings is 6. The second-order valence-electron chi connectivity index (χ2n) is 10.2. The van der Waals surface area contributed by atoms with Crippen molar-refractivity contribution in [2.24, 2.45) is 0 Å². The monoisotopic (exact) mass is 511 g/mol. The van der Waals surface area contributed by atoms with E-state index < -0.39 is 0 Å². The molecule has 1 heterocycles. The van der Waals surface area contributed by atoms with Gasteiger partial charge in [-0.2, -0.15) is 0 Å². The summed E-state index contributed by atoms with van der Waals surface area (Å²) in [6, 6.07) is 45.9. The molecule has 0 aliphatic heterocycles. The van der Waals surface area contributed by atoms with Gasteiger partial charge in [0, 0.05) is 16.5 Å². The van der Waals surface area contributed by atoms with Gasteiger partial charge >= 0.3 is 0 Å². The molecule has 6 aromatic carbocycles. The van der Waals surface area contributed by atoms with Gasteiger partial charge in [-0.25, -0.2) is 0 Å². The van der Waals surface area contributed by atoms with Gasteiger partial charge in [-0.05, 0) is 81.4 Å². The first-order valence-electron chi connectivity index (χ1n) is 13.7. The van der Waals surface area contributed by atoms with Crippen molar-refractivity contribution in [1.29, 1.82) is 0 Å². The predicted molar refractivity (Wildman–Crippen MR) is 173 cm³/mol. The summed E-state index contributed by atoms with van der Waals surface area (Å²) in [5, 5.41) is 5.04. The van der Waals surface area contributed by atoms with Crippen molar-refractivity contribution in [2.75, 3.05) is 0 Å². The van der Waals surface area contributed by atoms with Crippen LogP contribution in [0.5, 0.6) is 0 Å². The fourth-order valence-electron chi connectivity index (χ4n) is 6.23. The standard InChI is InChI=1S/C39H29N/c1-3-4-19-31-27(2)38(33-21-11-12-22-34(33)39(31)28-15-7-5-8-16-28)29-24-25-37-35(26-29)32-20-13-14-23-36(32)40(37)30-17-9-6-10-18-30/h3-26H,1H2,2H3/b19-4-. The number of rotatable bonds is 5. The highest BCUT2D eigenvalue weighted by Gasteiger charge is 2.19. The third-order valence-electron chi connectivity index (χ3n) is 7.95. The molecule has 7 aromatic rings. The van der Waals surface area contributed by atoms with Crippen LogP contribution in [0, 0.1) is 6.92 Å². The van der Waals surface area contributed by atoms with E-state index in [1.54, 1.807) is 0 Å². The molecule has 1 aromatic heterocycles. The molecule has 0 saturated heterocycles. The number of aromatic nitrogens is 1. The molecule has 0 aliphatic rings. The zero-order valence-electron chi connectivity index (χ0n) is 22.5. The van der Waals surface area contributed by atoms with Crippen LogP contribution in [0.2, 0.25) is 0 Å². The first kappa shape index (κ1) is 23.9. The van der Waals surface area contributed by atoms with Gasteiger partial charge in [0.15, 0.2) is 0 Å². The topological polar surface area (TPSA) is 4.93 Å². The van der Waals surface area contributed by atoms with Gasteiger partial charge in [0.1, 0.15) is 0 Å². The molecule has 0 bridgehead atoms. The molecule has 0 aliphatic carbocycles. The van der Waals surface area contributed by atoms with Gasteiger partial charge < -0.3 is 4.57 Å². The maximum absolute atomic E-state index is 3.95. The molecule has 7 rings (SSSR count). The Bertz CT molecular complexity index is 2060. The van der Waals surface area contributed by atoms with Crippen molar-refractivity contribution in [3.05, 3.63) is 157 Å². The minimum absolute atomic E-state index is 1.17. The van der Waals surface area contributed by atoms with E-state index in [4.69, 9.17) is 0 Å². The molecule has 1 nitrogen and oxygen atoms in total. The normalized spacial score (nSPS) is 11.6. The first-order chi connectivity index (χ1) is 19.8. The number of hydrogen-bond donors (Lipinski definition) is 0. The molecule has 40 heavy (non-hydrogen) atoms. The minimum atomic E-state index is 1.17. The Kier molecular flexibility index (Phi) is 5.91. The number of fused-ring (bicyclic) bond motifs is 4. The SMILES string of the molecule is C=C/C=C\c1c(C)c(-c2ccc3c(c2)c2ccccc2n3-c2ccccc2)c2ccccc2c1-c1ccccc1. The summed E-state index contributed by atoms with van der Waals surface area (Å²) in [6.07, 6.45) is 6.11. The smallest absolute Gasteiger partial charge is 0.0541 e. The lowest BCUT2D eigenvalue weighted by atomic mass is 9.83. The van der Waals surface area contributed by atoms with Crippen molar-refractivity contribution < 1.29 is 0 Å². The number of hydrogen-bond acceptors (Lipinski definition) is 0. The fraction of sp³-hybridized carbons (Fsp3) is 0.0256. The summed E-state index contributed by atoms with van der Waals surface area (Å²) in [4.78, 5) is 0. The van der Waals surface area contributed by atoms with Gasteiger partial charge in [0.2, 0.25) is 0 Å². The van der Waals surface area contributed by atoms with Gasteiger partial charge in [-0.15, -0.1) is 0 Å².